The molecule has 0 radical (unpaired) electrons. The number of ether oxygens (including phenoxy) is 2. The Bertz CT molecular complexity index is 1190. The van der Waals surface area contributed by atoms with Crippen molar-refractivity contribution in [1.29, 1.82) is 0 Å². The summed E-state index contributed by atoms with van der Waals surface area (Å²) in [7, 11) is 1.47. The summed E-state index contributed by atoms with van der Waals surface area (Å²) in [5.41, 5.74) is 0. The molecule has 0 bridgehead atoms. The first-order valence-corrected chi connectivity index (χ1v) is 30.1. The monoisotopic (exact) mass is 969 g/mol. The molecule has 0 aromatic rings. The van der Waals surface area contributed by atoms with E-state index in [4.69, 9.17) is 18.5 Å². The molecule has 0 rings (SSSR count). The minimum Gasteiger partial charge on any atom is -0.462 e. The lowest BCUT2D eigenvalue weighted by Gasteiger charge is -2.24. The number of hydrogen-bond donors (Lipinski definition) is 1. The molecule has 10 heteroatoms. The molecule has 0 aliphatic rings. The van der Waals surface area contributed by atoms with E-state index < -0.39 is 26.5 Å². The third-order valence-electron chi connectivity index (χ3n) is 12.7. The average molecular weight is 969 g/mol. The van der Waals surface area contributed by atoms with Crippen molar-refractivity contribution in [3.63, 3.8) is 0 Å². The molecular formula is C57H111NO8P+. The molecule has 0 heterocycles. The molecule has 2 atom stereocenters. The van der Waals surface area contributed by atoms with Gasteiger partial charge in [-0.05, 0) is 44.9 Å². The number of nitrogens with zero attached hydrogens (tertiary/aromatic N) is 1. The quantitative estimate of drug-likeness (QED) is 0.0211. The minimum atomic E-state index is -4.39. The van der Waals surface area contributed by atoms with Crippen molar-refractivity contribution < 1.29 is 42.1 Å². The zero-order chi connectivity index (χ0) is 49.2. The van der Waals surface area contributed by atoms with Crippen LogP contribution in [0.25, 0.3) is 0 Å². The highest BCUT2D eigenvalue weighted by atomic mass is 31.2. The van der Waals surface area contributed by atoms with E-state index in [0.717, 1.165) is 44.9 Å². The van der Waals surface area contributed by atoms with E-state index in [1.807, 2.05) is 21.1 Å². The number of esters is 2. The number of carbonyl (C=O) groups excluding carboxylic acids is 2. The molecule has 67 heavy (non-hydrogen) atoms. The van der Waals surface area contributed by atoms with Crippen LogP contribution in [0.15, 0.2) is 24.3 Å². The summed E-state index contributed by atoms with van der Waals surface area (Å²) in [6.45, 7) is 4.44. The Hall–Kier alpha value is -1.51. The number of likely N-dealkylation sites (N-methyl/N-ethyl adjacent to an activating group) is 1. The SMILES string of the molecule is CCCCCCCCCCCCCCCC/C=C/CC/C=C/CCCC(=O)O[C@H](COC(=O)CCCCCCCCCCCCCCCCCCCCCC)COP(=O)(O)OCC[N+](C)(C)C. The predicted octanol–water partition coefficient (Wildman–Crippen LogP) is 17.4. The molecule has 396 valence electrons. The summed E-state index contributed by atoms with van der Waals surface area (Å²) < 4.78 is 34.5. The molecule has 0 spiro atoms. The van der Waals surface area contributed by atoms with E-state index in [-0.39, 0.29) is 32.0 Å². The lowest BCUT2D eigenvalue weighted by atomic mass is 10.0. The van der Waals surface area contributed by atoms with Crippen LogP contribution in [0.3, 0.4) is 0 Å². The smallest absolute Gasteiger partial charge is 0.462 e. The predicted molar refractivity (Wildman–Crippen MR) is 284 cm³/mol. The molecule has 0 aliphatic heterocycles. The fourth-order valence-corrected chi connectivity index (χ4v) is 9.01. The Labute approximate surface area is 415 Å². The van der Waals surface area contributed by atoms with Crippen LogP contribution >= 0.6 is 7.82 Å². The van der Waals surface area contributed by atoms with E-state index >= 15 is 0 Å². The molecule has 9 nitrogen and oxygen atoms in total. The summed E-state index contributed by atoms with van der Waals surface area (Å²) in [5.74, 6) is -0.832. The van der Waals surface area contributed by atoms with Crippen molar-refractivity contribution in [2.24, 2.45) is 0 Å². The normalized spacial score (nSPS) is 13.5. The third-order valence-corrected chi connectivity index (χ3v) is 13.7. The van der Waals surface area contributed by atoms with Crippen molar-refractivity contribution in [3.8, 4) is 0 Å². The largest absolute Gasteiger partial charge is 0.472 e. The summed E-state index contributed by atoms with van der Waals surface area (Å²) >= 11 is 0. The fraction of sp³-hybridized carbons (Fsp3) is 0.895. The molecule has 0 aliphatic carbocycles. The van der Waals surface area contributed by atoms with Gasteiger partial charge in [0, 0.05) is 12.8 Å². The Morgan fingerprint density at radius 1 is 0.448 bits per heavy atom. The van der Waals surface area contributed by atoms with Gasteiger partial charge in [0.15, 0.2) is 6.10 Å². The van der Waals surface area contributed by atoms with Gasteiger partial charge in [-0.2, -0.15) is 0 Å². The van der Waals surface area contributed by atoms with Crippen molar-refractivity contribution >= 4 is 19.8 Å². The van der Waals surface area contributed by atoms with E-state index in [0.29, 0.717) is 17.4 Å². The van der Waals surface area contributed by atoms with Crippen molar-refractivity contribution in [3.05, 3.63) is 24.3 Å². The highest BCUT2D eigenvalue weighted by Crippen LogP contribution is 2.43. The maximum Gasteiger partial charge on any atom is 0.472 e. The average Bonchev–Trinajstić information content (AvgIpc) is 3.29. The molecule has 0 aromatic heterocycles. The van der Waals surface area contributed by atoms with Gasteiger partial charge in [0.1, 0.15) is 19.8 Å². The zero-order valence-corrected chi connectivity index (χ0v) is 45.8. The Morgan fingerprint density at radius 3 is 1.19 bits per heavy atom. The van der Waals surface area contributed by atoms with Gasteiger partial charge >= 0.3 is 19.8 Å². The summed E-state index contributed by atoms with van der Waals surface area (Å²) in [6, 6.07) is 0. The lowest BCUT2D eigenvalue weighted by Crippen LogP contribution is -2.37. The number of phosphoric acid groups is 1. The van der Waals surface area contributed by atoms with Crippen LogP contribution < -0.4 is 0 Å². The van der Waals surface area contributed by atoms with E-state index in [1.54, 1.807) is 0 Å². The first-order chi connectivity index (χ1) is 32.5. The zero-order valence-electron chi connectivity index (χ0n) is 44.9. The second-order valence-electron chi connectivity index (χ2n) is 20.7. The Kier molecular flexibility index (Phi) is 48.4. The lowest BCUT2D eigenvalue weighted by molar-refractivity contribution is -0.870. The molecule has 0 fully saturated rings. The summed E-state index contributed by atoms with van der Waals surface area (Å²) in [4.78, 5) is 35.6. The molecule has 0 saturated carbocycles. The van der Waals surface area contributed by atoms with Crippen LogP contribution in [0.5, 0.6) is 0 Å². The molecule has 0 saturated heterocycles. The molecule has 0 amide bonds. The van der Waals surface area contributed by atoms with Gasteiger partial charge in [-0.25, -0.2) is 4.57 Å². The van der Waals surface area contributed by atoms with Crippen LogP contribution in [-0.2, 0) is 32.7 Å². The van der Waals surface area contributed by atoms with Crippen LogP contribution in [0.2, 0.25) is 0 Å². The van der Waals surface area contributed by atoms with Gasteiger partial charge in [0.05, 0.1) is 27.7 Å². The van der Waals surface area contributed by atoms with Crippen LogP contribution in [0, 0.1) is 0 Å². The second kappa shape index (κ2) is 49.5. The fourth-order valence-electron chi connectivity index (χ4n) is 8.27. The highest BCUT2D eigenvalue weighted by molar-refractivity contribution is 7.47. The van der Waals surface area contributed by atoms with Gasteiger partial charge in [0.2, 0.25) is 0 Å². The molecule has 1 N–H and O–H groups in total. The Balaban J connectivity index is 4.21. The topological polar surface area (TPSA) is 108 Å². The van der Waals surface area contributed by atoms with Gasteiger partial charge in [-0.1, -0.05) is 244 Å². The molecular weight excluding hydrogens is 858 g/mol. The van der Waals surface area contributed by atoms with Crippen molar-refractivity contribution in [2.45, 2.75) is 283 Å². The van der Waals surface area contributed by atoms with Gasteiger partial charge in [-0.3, -0.25) is 18.6 Å². The maximum absolute atomic E-state index is 12.8. The standard InChI is InChI=1S/C57H110NO8P/c1-6-8-10-12-14-16-18-20-22-24-26-28-29-30-32-34-36-38-40-42-44-46-48-50-57(60)66-55(54-65-67(61,62)64-52-51-58(3,4)5)53-63-56(59)49-47-45-43-41-39-37-35-33-31-27-25-23-21-19-17-15-13-11-9-7-2/h34,36,42,44,55H,6-33,35,37-41,43,45-54H2,1-5H3/p+1/b36-34+,44-42+/t55-/m1/s1. The summed E-state index contributed by atoms with van der Waals surface area (Å²) in [5, 5.41) is 0. The van der Waals surface area contributed by atoms with Crippen molar-refractivity contribution in [2.75, 3.05) is 47.5 Å². The van der Waals surface area contributed by atoms with Gasteiger partial charge in [0.25, 0.3) is 0 Å². The summed E-state index contributed by atoms with van der Waals surface area (Å²) in [6.07, 6.45) is 58.3. The van der Waals surface area contributed by atoms with Crippen LogP contribution in [0.1, 0.15) is 277 Å². The first-order valence-electron chi connectivity index (χ1n) is 28.6. The number of unbranched alkanes of at least 4 members (excludes halogenated alkanes) is 35. The maximum atomic E-state index is 12.8. The van der Waals surface area contributed by atoms with Crippen molar-refractivity contribution in [1.82, 2.24) is 0 Å². The first kappa shape index (κ1) is 65.5. The third kappa shape index (κ3) is 53.7. The second-order valence-corrected chi connectivity index (χ2v) is 22.1. The number of allylic oxidation sites excluding steroid dienone is 4. The minimum absolute atomic E-state index is 0.0273. The van der Waals surface area contributed by atoms with Gasteiger partial charge < -0.3 is 18.9 Å². The van der Waals surface area contributed by atoms with E-state index in [2.05, 4.69) is 38.2 Å². The molecule has 0 aromatic carbocycles. The number of rotatable bonds is 53. The van der Waals surface area contributed by atoms with E-state index in [1.165, 1.54) is 199 Å². The van der Waals surface area contributed by atoms with Gasteiger partial charge in [-0.15, -0.1) is 0 Å². The highest BCUT2D eigenvalue weighted by Gasteiger charge is 2.27. The van der Waals surface area contributed by atoms with Crippen LogP contribution in [-0.4, -0.2) is 74.9 Å². The number of phosphoric ester groups is 1. The number of carbonyl (C=O) groups is 2. The van der Waals surface area contributed by atoms with E-state index in [9.17, 15) is 19.0 Å². The van der Waals surface area contributed by atoms with Crippen LogP contribution in [0.4, 0.5) is 0 Å². The number of quaternary nitrogens is 1. The number of hydrogen-bond acceptors (Lipinski definition) is 7. The molecule has 1 unspecified atom stereocenters. The Morgan fingerprint density at radius 2 is 0.791 bits per heavy atom.